The third-order valence-electron chi connectivity index (χ3n) is 6.48. The lowest BCUT2D eigenvalue weighted by atomic mass is 9.89. The van der Waals surface area contributed by atoms with Crippen molar-refractivity contribution < 1.29 is 10.2 Å². The summed E-state index contributed by atoms with van der Waals surface area (Å²) >= 11 is 0. The van der Waals surface area contributed by atoms with Crippen molar-refractivity contribution in [1.82, 2.24) is 0 Å². The van der Waals surface area contributed by atoms with Gasteiger partial charge in [-0.3, -0.25) is 0 Å². The molecular formula is C32H34O2. The van der Waals surface area contributed by atoms with E-state index < -0.39 is 0 Å². The van der Waals surface area contributed by atoms with Gasteiger partial charge in [0, 0.05) is 11.1 Å². The monoisotopic (exact) mass is 450 g/mol. The van der Waals surface area contributed by atoms with Gasteiger partial charge in [0.2, 0.25) is 0 Å². The Morgan fingerprint density at radius 2 is 0.912 bits per heavy atom. The first-order chi connectivity index (χ1) is 16.6. The van der Waals surface area contributed by atoms with E-state index in [-0.39, 0.29) is 5.75 Å². The maximum absolute atomic E-state index is 11.3. The summed E-state index contributed by atoms with van der Waals surface area (Å²) in [7, 11) is 0. The molecule has 2 N–H and O–H groups in total. The van der Waals surface area contributed by atoms with Crippen molar-refractivity contribution in [2.45, 2.75) is 52.4 Å². The van der Waals surface area contributed by atoms with Gasteiger partial charge in [0.15, 0.2) is 0 Å². The molecule has 34 heavy (non-hydrogen) atoms. The standard InChI is InChI=1S/C32H34O2/c1-3-5-13-25-19-27(20-26(31(25)33)14-6-4-2)28-21-29(23-15-9-7-10-16-23)32(34)30(22-28)24-17-11-8-12-18-24/h7-12,15-22,33-34H,3-6,13-14H2,1-2H3. The topological polar surface area (TPSA) is 40.5 Å². The Kier molecular flexibility index (Phi) is 7.69. The minimum atomic E-state index is 0.289. The van der Waals surface area contributed by atoms with Crippen molar-refractivity contribution in [3.8, 4) is 44.9 Å². The number of aryl methyl sites for hydroxylation is 2. The fourth-order valence-corrected chi connectivity index (χ4v) is 4.52. The highest BCUT2D eigenvalue weighted by Gasteiger charge is 2.17. The van der Waals surface area contributed by atoms with Gasteiger partial charge in [-0.05, 0) is 83.3 Å². The number of hydrogen-bond acceptors (Lipinski definition) is 2. The van der Waals surface area contributed by atoms with Gasteiger partial charge in [-0.2, -0.15) is 0 Å². The van der Waals surface area contributed by atoms with Gasteiger partial charge in [0.1, 0.15) is 11.5 Å². The van der Waals surface area contributed by atoms with Gasteiger partial charge >= 0.3 is 0 Å². The highest BCUT2D eigenvalue weighted by atomic mass is 16.3. The quantitative estimate of drug-likeness (QED) is 0.267. The van der Waals surface area contributed by atoms with Gasteiger partial charge in [-0.1, -0.05) is 87.4 Å². The number of benzene rings is 4. The highest BCUT2D eigenvalue weighted by Crippen LogP contribution is 2.43. The summed E-state index contributed by atoms with van der Waals surface area (Å²) < 4.78 is 0. The summed E-state index contributed by atoms with van der Waals surface area (Å²) in [5.41, 5.74) is 7.76. The van der Waals surface area contributed by atoms with Crippen molar-refractivity contribution in [2.24, 2.45) is 0 Å². The molecule has 0 aliphatic rings. The van der Waals surface area contributed by atoms with E-state index in [4.69, 9.17) is 0 Å². The Morgan fingerprint density at radius 1 is 0.500 bits per heavy atom. The van der Waals surface area contributed by atoms with E-state index in [2.05, 4.69) is 38.1 Å². The van der Waals surface area contributed by atoms with Crippen LogP contribution in [0.2, 0.25) is 0 Å². The molecule has 0 aliphatic heterocycles. The zero-order valence-corrected chi connectivity index (χ0v) is 20.2. The van der Waals surface area contributed by atoms with Gasteiger partial charge in [0.25, 0.3) is 0 Å². The van der Waals surface area contributed by atoms with E-state index in [0.29, 0.717) is 5.75 Å². The second-order valence-corrected chi connectivity index (χ2v) is 9.00. The molecule has 2 heteroatoms. The predicted octanol–water partition coefficient (Wildman–Crippen LogP) is 8.78. The molecule has 4 rings (SSSR count). The molecule has 0 fully saturated rings. The number of unbranched alkanes of at least 4 members (excludes halogenated alkanes) is 2. The summed E-state index contributed by atoms with van der Waals surface area (Å²) in [6, 6.07) is 28.5. The number of hydrogen-bond donors (Lipinski definition) is 2. The normalized spacial score (nSPS) is 11.0. The Bertz CT molecular complexity index is 1140. The SMILES string of the molecule is CCCCc1cc(-c2cc(-c3ccccc3)c(O)c(-c3ccccc3)c2)cc(CCCC)c1O. The van der Waals surface area contributed by atoms with E-state index in [1.54, 1.807) is 0 Å². The first-order valence-corrected chi connectivity index (χ1v) is 12.4. The van der Waals surface area contributed by atoms with Crippen LogP contribution in [0.1, 0.15) is 50.7 Å². The number of rotatable bonds is 9. The van der Waals surface area contributed by atoms with Crippen LogP contribution in [0.3, 0.4) is 0 Å². The molecule has 4 aromatic rings. The van der Waals surface area contributed by atoms with Crippen LogP contribution in [0.4, 0.5) is 0 Å². The summed E-state index contributed by atoms with van der Waals surface area (Å²) in [5.74, 6) is 0.744. The molecule has 4 aromatic carbocycles. The molecule has 0 saturated carbocycles. The fourth-order valence-electron chi connectivity index (χ4n) is 4.52. The summed E-state index contributed by atoms with van der Waals surface area (Å²) in [6.45, 7) is 4.36. The molecule has 0 spiro atoms. The van der Waals surface area contributed by atoms with Crippen LogP contribution in [0.15, 0.2) is 84.9 Å². The lowest BCUT2D eigenvalue weighted by Crippen LogP contribution is -1.95. The molecular weight excluding hydrogens is 416 g/mol. The van der Waals surface area contributed by atoms with E-state index in [1.165, 1.54) is 0 Å². The maximum atomic E-state index is 11.3. The molecule has 2 nitrogen and oxygen atoms in total. The molecule has 0 bridgehead atoms. The second-order valence-electron chi connectivity index (χ2n) is 9.00. The van der Waals surface area contributed by atoms with Gasteiger partial charge in [-0.15, -0.1) is 0 Å². The summed E-state index contributed by atoms with van der Waals surface area (Å²) in [5, 5.41) is 22.3. The first kappa shape index (κ1) is 23.6. The van der Waals surface area contributed by atoms with E-state index in [0.717, 1.165) is 83.0 Å². The molecule has 0 atom stereocenters. The van der Waals surface area contributed by atoms with Crippen LogP contribution in [0.25, 0.3) is 33.4 Å². The third kappa shape index (κ3) is 5.17. The fraction of sp³-hybridized carbons (Fsp3) is 0.250. The number of aromatic hydroxyl groups is 2. The van der Waals surface area contributed by atoms with Crippen LogP contribution >= 0.6 is 0 Å². The molecule has 0 amide bonds. The maximum Gasteiger partial charge on any atom is 0.131 e. The van der Waals surface area contributed by atoms with Crippen molar-refractivity contribution >= 4 is 0 Å². The summed E-state index contributed by atoms with van der Waals surface area (Å²) in [6.07, 6.45) is 6.00. The molecule has 0 heterocycles. The van der Waals surface area contributed by atoms with Crippen LogP contribution in [0, 0.1) is 0 Å². The molecule has 174 valence electrons. The minimum Gasteiger partial charge on any atom is -0.507 e. The molecule has 0 aromatic heterocycles. The minimum absolute atomic E-state index is 0.289. The Labute approximate surface area is 203 Å². The molecule has 0 unspecified atom stereocenters. The van der Waals surface area contributed by atoms with Crippen LogP contribution in [-0.2, 0) is 12.8 Å². The van der Waals surface area contributed by atoms with E-state index >= 15 is 0 Å². The van der Waals surface area contributed by atoms with Crippen LogP contribution in [-0.4, -0.2) is 10.2 Å². The predicted molar refractivity (Wildman–Crippen MR) is 143 cm³/mol. The van der Waals surface area contributed by atoms with Crippen molar-refractivity contribution in [2.75, 3.05) is 0 Å². The lowest BCUT2D eigenvalue weighted by molar-refractivity contribution is 0.458. The lowest BCUT2D eigenvalue weighted by Gasteiger charge is -2.17. The Morgan fingerprint density at radius 3 is 1.32 bits per heavy atom. The Hall–Kier alpha value is -3.52. The van der Waals surface area contributed by atoms with E-state index in [9.17, 15) is 10.2 Å². The van der Waals surface area contributed by atoms with Crippen LogP contribution < -0.4 is 0 Å². The molecule has 0 saturated heterocycles. The molecule has 0 aliphatic carbocycles. The first-order valence-electron chi connectivity index (χ1n) is 12.4. The van der Waals surface area contributed by atoms with Crippen molar-refractivity contribution in [3.63, 3.8) is 0 Å². The molecule has 0 radical (unpaired) electrons. The van der Waals surface area contributed by atoms with Gasteiger partial charge in [-0.25, -0.2) is 0 Å². The van der Waals surface area contributed by atoms with Crippen LogP contribution in [0.5, 0.6) is 11.5 Å². The largest absolute Gasteiger partial charge is 0.507 e. The highest BCUT2D eigenvalue weighted by molar-refractivity contribution is 5.88. The Balaban J connectivity index is 1.93. The smallest absolute Gasteiger partial charge is 0.131 e. The van der Waals surface area contributed by atoms with Gasteiger partial charge < -0.3 is 10.2 Å². The number of phenols is 2. The zero-order valence-electron chi connectivity index (χ0n) is 20.2. The van der Waals surface area contributed by atoms with Gasteiger partial charge in [0.05, 0.1) is 0 Å². The average molecular weight is 451 g/mol. The van der Waals surface area contributed by atoms with Crippen molar-refractivity contribution in [3.05, 3.63) is 96.1 Å². The zero-order chi connectivity index (χ0) is 23.9. The second kappa shape index (κ2) is 11.1. The number of phenolic OH excluding ortho intramolecular Hbond substituents is 2. The third-order valence-corrected chi connectivity index (χ3v) is 6.48. The summed E-state index contributed by atoms with van der Waals surface area (Å²) in [4.78, 5) is 0. The van der Waals surface area contributed by atoms with Crippen molar-refractivity contribution in [1.29, 1.82) is 0 Å². The van der Waals surface area contributed by atoms with E-state index in [1.807, 2.05) is 60.7 Å². The average Bonchev–Trinajstić information content (AvgIpc) is 2.88.